The van der Waals surface area contributed by atoms with Crippen LogP contribution in [0.5, 0.6) is 0 Å². The van der Waals surface area contributed by atoms with Crippen molar-refractivity contribution in [3.63, 3.8) is 0 Å². The third-order valence-corrected chi connectivity index (χ3v) is 3.94. The van der Waals surface area contributed by atoms with Crippen LogP contribution >= 0.6 is 0 Å². The molecule has 0 N–H and O–H groups in total. The topological polar surface area (TPSA) is 64.2 Å². The maximum Gasteiger partial charge on any atom is 0.239 e. The van der Waals surface area contributed by atoms with E-state index in [-0.39, 0.29) is 30.3 Å². The Morgan fingerprint density at radius 1 is 1.00 bits per heavy atom. The lowest BCUT2D eigenvalue weighted by molar-refractivity contribution is -0.142. The summed E-state index contributed by atoms with van der Waals surface area (Å²) in [6.45, 7) is 5.83. The molecule has 0 aromatic heterocycles. The third-order valence-electron chi connectivity index (χ3n) is 3.94. The molecule has 0 spiro atoms. The highest BCUT2D eigenvalue weighted by Gasteiger charge is 2.28. The maximum absolute atomic E-state index is 12.4. The molecule has 7 heteroatoms. The summed E-state index contributed by atoms with van der Waals surface area (Å²) in [7, 11) is 5.17. The molecule has 1 heterocycles. The molecule has 1 aliphatic heterocycles. The average molecular weight is 298 g/mol. The Hall–Kier alpha value is -1.63. The third kappa shape index (κ3) is 4.70. The van der Waals surface area contributed by atoms with E-state index in [2.05, 4.69) is 0 Å². The van der Waals surface area contributed by atoms with Crippen molar-refractivity contribution in [2.75, 3.05) is 53.9 Å². The van der Waals surface area contributed by atoms with Gasteiger partial charge in [0.1, 0.15) is 0 Å². The van der Waals surface area contributed by atoms with Gasteiger partial charge in [-0.15, -0.1) is 0 Å². The van der Waals surface area contributed by atoms with E-state index in [0.717, 1.165) is 0 Å². The van der Waals surface area contributed by atoms with Crippen molar-refractivity contribution >= 4 is 17.7 Å². The standard InChI is InChI=1S/C14H26N4O3/c1-11(16(5)10-13(20)15(3)4)14(21)18-8-6-17(7-9-18)12(2)19/h11H,6-10H2,1-5H3. The van der Waals surface area contributed by atoms with Gasteiger partial charge in [-0.3, -0.25) is 19.3 Å². The van der Waals surface area contributed by atoms with Gasteiger partial charge in [0.15, 0.2) is 0 Å². The molecule has 3 amide bonds. The van der Waals surface area contributed by atoms with Gasteiger partial charge in [0.25, 0.3) is 0 Å². The van der Waals surface area contributed by atoms with E-state index >= 15 is 0 Å². The summed E-state index contributed by atoms with van der Waals surface area (Å²) in [4.78, 5) is 42.2. The fraction of sp³-hybridized carbons (Fsp3) is 0.786. The number of piperazine rings is 1. The summed E-state index contributed by atoms with van der Waals surface area (Å²) in [5.74, 6) is 0.0228. The maximum atomic E-state index is 12.4. The molecule has 0 saturated carbocycles. The lowest BCUT2D eigenvalue weighted by atomic mass is 10.2. The Balaban J connectivity index is 2.51. The van der Waals surface area contributed by atoms with Crippen LogP contribution in [0, 0.1) is 0 Å². The zero-order valence-electron chi connectivity index (χ0n) is 13.6. The normalized spacial score (nSPS) is 16.9. The van der Waals surface area contributed by atoms with E-state index in [9.17, 15) is 14.4 Å². The van der Waals surface area contributed by atoms with Crippen LogP contribution in [-0.2, 0) is 14.4 Å². The SMILES string of the molecule is CC(=O)N1CCN(C(=O)C(C)N(C)CC(=O)N(C)C)CC1. The highest BCUT2D eigenvalue weighted by Crippen LogP contribution is 2.07. The smallest absolute Gasteiger partial charge is 0.239 e. The Bertz CT molecular complexity index is 403. The van der Waals surface area contributed by atoms with Gasteiger partial charge in [0.05, 0.1) is 12.6 Å². The van der Waals surface area contributed by atoms with Crippen LogP contribution in [0.1, 0.15) is 13.8 Å². The number of carbonyl (C=O) groups is 3. The number of hydrogen-bond acceptors (Lipinski definition) is 4. The lowest BCUT2D eigenvalue weighted by Crippen LogP contribution is -2.55. The molecule has 0 bridgehead atoms. The average Bonchev–Trinajstić information content (AvgIpc) is 2.45. The number of nitrogens with zero attached hydrogens (tertiary/aromatic N) is 4. The lowest BCUT2D eigenvalue weighted by Gasteiger charge is -2.37. The molecule has 1 rings (SSSR count). The second-order valence-electron chi connectivity index (χ2n) is 5.71. The summed E-state index contributed by atoms with van der Waals surface area (Å²) in [5.41, 5.74) is 0. The Morgan fingerprint density at radius 3 is 1.90 bits per heavy atom. The molecule has 7 nitrogen and oxygen atoms in total. The summed E-state index contributed by atoms with van der Waals surface area (Å²) in [6.07, 6.45) is 0. The van der Waals surface area contributed by atoms with Gasteiger partial charge in [0.2, 0.25) is 17.7 Å². The molecule has 0 aromatic carbocycles. The summed E-state index contributed by atoms with van der Waals surface area (Å²) >= 11 is 0. The van der Waals surface area contributed by atoms with Gasteiger partial charge >= 0.3 is 0 Å². The van der Waals surface area contributed by atoms with Gasteiger partial charge in [-0.25, -0.2) is 0 Å². The fourth-order valence-electron chi connectivity index (χ4n) is 2.19. The second kappa shape index (κ2) is 7.40. The van der Waals surface area contributed by atoms with Crippen molar-refractivity contribution in [2.24, 2.45) is 0 Å². The highest BCUT2D eigenvalue weighted by molar-refractivity contribution is 5.83. The van der Waals surface area contributed by atoms with E-state index < -0.39 is 0 Å². The minimum Gasteiger partial charge on any atom is -0.348 e. The van der Waals surface area contributed by atoms with Crippen molar-refractivity contribution in [1.29, 1.82) is 0 Å². The molecule has 21 heavy (non-hydrogen) atoms. The van der Waals surface area contributed by atoms with E-state index in [4.69, 9.17) is 0 Å². The molecule has 1 aliphatic rings. The highest BCUT2D eigenvalue weighted by atomic mass is 16.2. The monoisotopic (exact) mass is 298 g/mol. The molecule has 120 valence electrons. The first-order valence-corrected chi connectivity index (χ1v) is 7.18. The van der Waals surface area contributed by atoms with Crippen LogP contribution in [0.4, 0.5) is 0 Å². The Labute approximate surface area is 126 Å². The molecular formula is C14H26N4O3. The van der Waals surface area contributed by atoms with Crippen molar-refractivity contribution in [3.8, 4) is 0 Å². The van der Waals surface area contributed by atoms with Crippen LogP contribution in [-0.4, -0.2) is 97.2 Å². The van der Waals surface area contributed by atoms with E-state index in [1.54, 1.807) is 42.8 Å². The predicted molar refractivity (Wildman–Crippen MR) is 79.6 cm³/mol. The van der Waals surface area contributed by atoms with Crippen molar-refractivity contribution in [1.82, 2.24) is 19.6 Å². The zero-order valence-corrected chi connectivity index (χ0v) is 13.6. The molecule has 1 atom stereocenters. The van der Waals surface area contributed by atoms with Gasteiger partial charge < -0.3 is 14.7 Å². The van der Waals surface area contributed by atoms with Gasteiger partial charge in [-0.05, 0) is 14.0 Å². The summed E-state index contributed by atoms with van der Waals surface area (Å²) < 4.78 is 0. The van der Waals surface area contributed by atoms with Gasteiger partial charge in [-0.1, -0.05) is 0 Å². The second-order valence-corrected chi connectivity index (χ2v) is 5.71. The summed E-state index contributed by atoms with van der Waals surface area (Å²) in [5, 5.41) is 0. The fourth-order valence-corrected chi connectivity index (χ4v) is 2.19. The zero-order chi connectivity index (χ0) is 16.2. The molecule has 1 unspecified atom stereocenters. The first-order valence-electron chi connectivity index (χ1n) is 7.18. The van der Waals surface area contributed by atoms with Gasteiger partial charge in [0, 0.05) is 47.2 Å². The molecule has 0 aliphatic carbocycles. The molecule has 1 saturated heterocycles. The van der Waals surface area contributed by atoms with Crippen molar-refractivity contribution in [2.45, 2.75) is 19.9 Å². The van der Waals surface area contributed by atoms with Crippen LogP contribution in [0.3, 0.4) is 0 Å². The van der Waals surface area contributed by atoms with Crippen LogP contribution < -0.4 is 0 Å². The van der Waals surface area contributed by atoms with Crippen LogP contribution in [0.15, 0.2) is 0 Å². The first kappa shape index (κ1) is 17.4. The van der Waals surface area contributed by atoms with Crippen LogP contribution in [0.25, 0.3) is 0 Å². The van der Waals surface area contributed by atoms with Gasteiger partial charge in [-0.2, -0.15) is 0 Å². The first-order chi connectivity index (χ1) is 9.73. The molecule has 1 fully saturated rings. The molecule has 0 aromatic rings. The van der Waals surface area contributed by atoms with E-state index in [1.807, 2.05) is 6.92 Å². The number of rotatable bonds is 4. The molecule has 0 radical (unpaired) electrons. The van der Waals surface area contributed by atoms with Crippen molar-refractivity contribution < 1.29 is 14.4 Å². The minimum absolute atomic E-state index is 0.00672. The molecular weight excluding hydrogens is 272 g/mol. The largest absolute Gasteiger partial charge is 0.348 e. The Morgan fingerprint density at radius 2 is 1.48 bits per heavy atom. The van der Waals surface area contributed by atoms with Crippen LogP contribution in [0.2, 0.25) is 0 Å². The minimum atomic E-state index is -0.349. The van der Waals surface area contributed by atoms with E-state index in [0.29, 0.717) is 26.2 Å². The Kier molecular flexibility index (Phi) is 6.14. The quantitative estimate of drug-likeness (QED) is 0.674. The number of carbonyl (C=O) groups excluding carboxylic acids is 3. The number of likely N-dealkylation sites (N-methyl/N-ethyl adjacent to an activating group) is 2. The van der Waals surface area contributed by atoms with Crippen molar-refractivity contribution in [3.05, 3.63) is 0 Å². The number of hydrogen-bond donors (Lipinski definition) is 0. The number of amides is 3. The van der Waals surface area contributed by atoms with E-state index in [1.165, 1.54) is 4.90 Å². The predicted octanol–water partition coefficient (Wildman–Crippen LogP) is -0.914. The summed E-state index contributed by atoms with van der Waals surface area (Å²) in [6, 6.07) is -0.349.